The number of hydrogen-bond acceptors (Lipinski definition) is 5. The molecule has 3 rings (SSSR count). The number of benzene rings is 2. The number of carbonyl (C=O) groups is 1. The van der Waals surface area contributed by atoms with Crippen LogP contribution in [0, 0.1) is 11.6 Å². The van der Waals surface area contributed by atoms with Crippen LogP contribution in [-0.4, -0.2) is 39.7 Å². The van der Waals surface area contributed by atoms with Crippen molar-refractivity contribution in [3.05, 3.63) is 59.7 Å². The van der Waals surface area contributed by atoms with Crippen LogP contribution in [0.25, 0.3) is 11.4 Å². The number of H-pyrrole nitrogens is 1. The van der Waals surface area contributed by atoms with Crippen LogP contribution in [0.2, 0.25) is 0 Å². The summed E-state index contributed by atoms with van der Waals surface area (Å²) in [5.41, 5.74) is 1.19. The van der Waals surface area contributed by atoms with Gasteiger partial charge in [-0.2, -0.15) is 5.21 Å². The van der Waals surface area contributed by atoms with Gasteiger partial charge in [0.1, 0.15) is 12.4 Å². The molecule has 0 atom stereocenters. The molecule has 128 valence electrons. The fourth-order valence-electron chi connectivity index (χ4n) is 2.06. The Bertz CT molecular complexity index is 853. The van der Waals surface area contributed by atoms with Gasteiger partial charge in [0.2, 0.25) is 5.82 Å². The van der Waals surface area contributed by atoms with Gasteiger partial charge >= 0.3 is 0 Å². The van der Waals surface area contributed by atoms with Crippen LogP contribution >= 0.6 is 0 Å². The zero-order chi connectivity index (χ0) is 17.6. The molecule has 0 unspecified atom stereocenters. The van der Waals surface area contributed by atoms with Gasteiger partial charge < -0.3 is 10.1 Å². The van der Waals surface area contributed by atoms with Crippen LogP contribution in [0.4, 0.5) is 8.78 Å². The topological polar surface area (TPSA) is 92.8 Å². The second-order valence-electron chi connectivity index (χ2n) is 4.99. The summed E-state index contributed by atoms with van der Waals surface area (Å²) in [6.45, 7) is 0.335. The smallest absolute Gasteiger partial charge is 0.251 e. The molecule has 0 spiro atoms. The normalized spacial score (nSPS) is 10.5. The molecule has 9 heteroatoms. The molecule has 0 aliphatic rings. The predicted octanol–water partition coefficient (Wildman–Crippen LogP) is 1.95. The standard InChI is InChI=1S/C16H13F2N5O2/c17-13-6-5-12(9-14(13)18)25-8-7-19-16(24)11-3-1-10(2-4-11)15-20-22-23-21-15/h1-6,9H,7-8H2,(H,19,24)(H,20,21,22,23). The second-order valence-corrected chi connectivity index (χ2v) is 4.99. The van der Waals surface area contributed by atoms with E-state index in [1.54, 1.807) is 24.3 Å². The van der Waals surface area contributed by atoms with Gasteiger partial charge in [0.05, 0.1) is 6.54 Å². The number of rotatable bonds is 6. The number of amides is 1. The first kappa shape index (κ1) is 16.5. The molecule has 0 radical (unpaired) electrons. The van der Waals surface area contributed by atoms with Crippen molar-refractivity contribution >= 4 is 5.91 Å². The number of ether oxygens (including phenoxy) is 1. The molecule has 0 saturated heterocycles. The summed E-state index contributed by atoms with van der Waals surface area (Å²) in [7, 11) is 0. The van der Waals surface area contributed by atoms with E-state index in [9.17, 15) is 13.6 Å². The third-order valence-corrected chi connectivity index (χ3v) is 3.30. The lowest BCUT2D eigenvalue weighted by Crippen LogP contribution is -2.28. The molecule has 3 aromatic rings. The molecule has 25 heavy (non-hydrogen) atoms. The molecule has 0 fully saturated rings. The van der Waals surface area contributed by atoms with E-state index in [1.165, 1.54) is 6.07 Å². The summed E-state index contributed by atoms with van der Waals surface area (Å²) in [6, 6.07) is 9.93. The van der Waals surface area contributed by atoms with E-state index in [4.69, 9.17) is 4.74 Å². The van der Waals surface area contributed by atoms with Gasteiger partial charge in [0.15, 0.2) is 11.6 Å². The van der Waals surface area contributed by atoms with E-state index in [0.717, 1.165) is 17.7 Å². The minimum absolute atomic E-state index is 0.123. The number of nitrogens with one attached hydrogen (secondary N) is 2. The molecule has 2 aromatic carbocycles. The van der Waals surface area contributed by atoms with Gasteiger partial charge in [0.25, 0.3) is 5.91 Å². The highest BCUT2D eigenvalue weighted by Gasteiger charge is 2.08. The van der Waals surface area contributed by atoms with Crippen molar-refractivity contribution in [2.24, 2.45) is 0 Å². The minimum Gasteiger partial charge on any atom is -0.492 e. The Morgan fingerprint density at radius 3 is 2.60 bits per heavy atom. The van der Waals surface area contributed by atoms with Crippen LogP contribution in [0.3, 0.4) is 0 Å². The Balaban J connectivity index is 1.48. The molecule has 0 aliphatic heterocycles. The zero-order valence-electron chi connectivity index (χ0n) is 12.9. The predicted molar refractivity (Wildman–Crippen MR) is 83.8 cm³/mol. The van der Waals surface area contributed by atoms with Crippen molar-refractivity contribution in [2.45, 2.75) is 0 Å². The number of aromatic amines is 1. The number of hydrogen-bond donors (Lipinski definition) is 2. The van der Waals surface area contributed by atoms with E-state index in [2.05, 4.69) is 25.9 Å². The molecule has 0 bridgehead atoms. The third kappa shape index (κ3) is 4.14. The lowest BCUT2D eigenvalue weighted by Gasteiger charge is -2.08. The van der Waals surface area contributed by atoms with E-state index in [1.807, 2.05) is 0 Å². The SMILES string of the molecule is O=C(NCCOc1ccc(F)c(F)c1)c1ccc(-c2nn[nH]n2)cc1. The maximum Gasteiger partial charge on any atom is 0.251 e. The van der Waals surface area contributed by atoms with Gasteiger partial charge in [0, 0.05) is 17.2 Å². The summed E-state index contributed by atoms with van der Waals surface area (Å²) >= 11 is 0. The van der Waals surface area contributed by atoms with E-state index < -0.39 is 11.6 Å². The Hall–Kier alpha value is -3.36. The molecule has 2 N–H and O–H groups in total. The van der Waals surface area contributed by atoms with Gasteiger partial charge in [-0.05, 0) is 29.5 Å². The van der Waals surface area contributed by atoms with Gasteiger partial charge in [-0.3, -0.25) is 4.79 Å². The third-order valence-electron chi connectivity index (χ3n) is 3.30. The molecular weight excluding hydrogens is 332 g/mol. The van der Waals surface area contributed by atoms with Crippen LogP contribution < -0.4 is 10.1 Å². The molecular formula is C16H13F2N5O2. The lowest BCUT2D eigenvalue weighted by atomic mass is 10.1. The van der Waals surface area contributed by atoms with Gasteiger partial charge in [-0.25, -0.2) is 8.78 Å². The van der Waals surface area contributed by atoms with Gasteiger partial charge in [-0.1, -0.05) is 12.1 Å². The molecule has 1 heterocycles. The fourth-order valence-corrected chi connectivity index (χ4v) is 2.06. The van der Waals surface area contributed by atoms with E-state index >= 15 is 0 Å². The second kappa shape index (κ2) is 7.47. The fraction of sp³-hybridized carbons (Fsp3) is 0.125. The van der Waals surface area contributed by atoms with Crippen molar-refractivity contribution in [3.8, 4) is 17.1 Å². The first-order chi connectivity index (χ1) is 12.1. The average molecular weight is 345 g/mol. The quantitative estimate of drug-likeness (QED) is 0.666. The number of halogens is 2. The van der Waals surface area contributed by atoms with Crippen molar-refractivity contribution in [3.63, 3.8) is 0 Å². The number of tetrazole rings is 1. The number of aromatic nitrogens is 4. The Morgan fingerprint density at radius 2 is 1.92 bits per heavy atom. The summed E-state index contributed by atoms with van der Waals surface area (Å²) in [4.78, 5) is 12.0. The monoisotopic (exact) mass is 345 g/mol. The summed E-state index contributed by atoms with van der Waals surface area (Å²) in [5.74, 6) is -1.58. The average Bonchev–Trinajstić information content (AvgIpc) is 3.16. The first-order valence-electron chi connectivity index (χ1n) is 7.33. The minimum atomic E-state index is -0.983. The van der Waals surface area contributed by atoms with Crippen molar-refractivity contribution in [1.82, 2.24) is 25.9 Å². The Labute approximate surface area is 141 Å². The first-order valence-corrected chi connectivity index (χ1v) is 7.33. The lowest BCUT2D eigenvalue weighted by molar-refractivity contribution is 0.0947. The Kier molecular flexibility index (Phi) is 4.93. The van der Waals surface area contributed by atoms with Crippen LogP contribution in [0.15, 0.2) is 42.5 Å². The van der Waals surface area contributed by atoms with E-state index in [0.29, 0.717) is 11.4 Å². The zero-order valence-corrected chi connectivity index (χ0v) is 12.9. The number of nitrogens with zero attached hydrogens (tertiary/aromatic N) is 3. The van der Waals surface area contributed by atoms with Crippen molar-refractivity contribution in [1.29, 1.82) is 0 Å². The number of carbonyl (C=O) groups excluding carboxylic acids is 1. The Morgan fingerprint density at radius 1 is 1.12 bits per heavy atom. The molecule has 7 nitrogen and oxygen atoms in total. The highest BCUT2D eigenvalue weighted by Crippen LogP contribution is 2.15. The van der Waals surface area contributed by atoms with Crippen molar-refractivity contribution < 1.29 is 18.3 Å². The van der Waals surface area contributed by atoms with Crippen LogP contribution in [0.5, 0.6) is 5.75 Å². The van der Waals surface area contributed by atoms with Crippen LogP contribution in [0.1, 0.15) is 10.4 Å². The van der Waals surface area contributed by atoms with Crippen LogP contribution in [-0.2, 0) is 0 Å². The molecule has 0 aliphatic carbocycles. The molecule has 1 aromatic heterocycles. The molecule has 1 amide bonds. The highest BCUT2D eigenvalue weighted by atomic mass is 19.2. The van der Waals surface area contributed by atoms with Crippen molar-refractivity contribution in [2.75, 3.05) is 13.2 Å². The largest absolute Gasteiger partial charge is 0.492 e. The highest BCUT2D eigenvalue weighted by molar-refractivity contribution is 5.94. The van der Waals surface area contributed by atoms with Gasteiger partial charge in [-0.15, -0.1) is 10.2 Å². The summed E-state index contributed by atoms with van der Waals surface area (Å²) < 4.78 is 31.1. The van der Waals surface area contributed by atoms with E-state index in [-0.39, 0.29) is 24.8 Å². The molecule has 0 saturated carbocycles. The summed E-state index contributed by atoms with van der Waals surface area (Å²) in [6.07, 6.45) is 0. The maximum absolute atomic E-state index is 13.0. The maximum atomic E-state index is 13.0. The summed E-state index contributed by atoms with van der Waals surface area (Å²) in [5, 5.41) is 16.2.